The number of hydrogen-bond acceptors (Lipinski definition) is 4. The minimum atomic E-state index is -0.763. The third-order valence-corrected chi connectivity index (χ3v) is 5.10. The van der Waals surface area contributed by atoms with E-state index in [4.69, 9.17) is 4.74 Å². The lowest BCUT2D eigenvalue weighted by Crippen LogP contribution is -2.47. The number of aromatic amines is 1. The maximum absolute atomic E-state index is 14.2. The standard InChI is InChI=1S/C19H20FN3O3/c1-12-10-16(24)22-17(21-12)15-11-23(8-9-26-15)18(25)19(6-7-19)13-4-2-3-5-14(13)20/h2-5,10,15H,6-9,11H2,1H3,(H,21,22,24)/t15-/m0/s1. The molecule has 136 valence electrons. The number of aryl methyl sites for hydroxylation is 1. The number of nitrogens with one attached hydrogen (secondary N) is 1. The zero-order chi connectivity index (χ0) is 18.3. The van der Waals surface area contributed by atoms with E-state index in [1.807, 2.05) is 0 Å². The number of carbonyl (C=O) groups is 1. The number of ether oxygens (including phenoxy) is 1. The van der Waals surface area contributed by atoms with E-state index in [1.165, 1.54) is 12.1 Å². The van der Waals surface area contributed by atoms with E-state index < -0.39 is 11.5 Å². The molecule has 6 nitrogen and oxygen atoms in total. The van der Waals surface area contributed by atoms with Crippen LogP contribution in [-0.4, -0.2) is 40.5 Å². The minimum Gasteiger partial charge on any atom is -0.367 e. The third kappa shape index (κ3) is 2.92. The van der Waals surface area contributed by atoms with Crippen LogP contribution in [0.2, 0.25) is 0 Å². The highest BCUT2D eigenvalue weighted by Crippen LogP contribution is 2.50. The molecule has 1 aromatic heterocycles. The Labute approximate surface area is 150 Å². The topological polar surface area (TPSA) is 75.3 Å². The molecule has 0 radical (unpaired) electrons. The van der Waals surface area contributed by atoms with Crippen molar-refractivity contribution in [3.05, 3.63) is 63.6 Å². The largest absolute Gasteiger partial charge is 0.367 e. The number of hydrogen-bond donors (Lipinski definition) is 1. The second-order valence-corrected chi connectivity index (χ2v) is 6.94. The zero-order valence-electron chi connectivity index (χ0n) is 14.5. The van der Waals surface area contributed by atoms with Crippen molar-refractivity contribution in [2.24, 2.45) is 0 Å². The van der Waals surface area contributed by atoms with E-state index in [0.717, 1.165) is 0 Å². The minimum absolute atomic E-state index is 0.0779. The fourth-order valence-corrected chi connectivity index (χ4v) is 3.63. The SMILES string of the molecule is Cc1cc(=O)[nH]c([C@@H]2CN(C(=O)C3(c4ccccc4F)CC3)CCO2)n1. The summed E-state index contributed by atoms with van der Waals surface area (Å²) in [7, 11) is 0. The Morgan fingerprint density at radius 2 is 2.15 bits per heavy atom. The first-order valence-corrected chi connectivity index (χ1v) is 8.73. The Bertz CT molecular complexity index is 907. The lowest BCUT2D eigenvalue weighted by molar-refractivity contribution is -0.142. The van der Waals surface area contributed by atoms with Gasteiger partial charge in [-0.05, 0) is 25.8 Å². The fraction of sp³-hybridized carbons (Fsp3) is 0.421. The van der Waals surface area contributed by atoms with Gasteiger partial charge in [0, 0.05) is 23.9 Å². The van der Waals surface area contributed by atoms with Gasteiger partial charge in [0.05, 0.1) is 18.6 Å². The van der Waals surface area contributed by atoms with Gasteiger partial charge in [0.15, 0.2) is 0 Å². The zero-order valence-corrected chi connectivity index (χ0v) is 14.5. The predicted octanol–water partition coefficient (Wildman–Crippen LogP) is 1.85. The van der Waals surface area contributed by atoms with E-state index in [1.54, 1.807) is 30.0 Å². The molecule has 4 rings (SSSR count). The first-order valence-electron chi connectivity index (χ1n) is 8.73. The summed E-state index contributed by atoms with van der Waals surface area (Å²) < 4.78 is 20.0. The normalized spacial score (nSPS) is 21.5. The number of benzene rings is 1. The molecule has 26 heavy (non-hydrogen) atoms. The quantitative estimate of drug-likeness (QED) is 0.910. The molecule has 7 heteroatoms. The highest BCUT2D eigenvalue weighted by Gasteiger charge is 2.54. The van der Waals surface area contributed by atoms with Crippen molar-refractivity contribution in [2.45, 2.75) is 31.3 Å². The van der Waals surface area contributed by atoms with Gasteiger partial charge in [-0.25, -0.2) is 9.37 Å². The molecule has 0 unspecified atom stereocenters. The first-order chi connectivity index (χ1) is 12.5. The van der Waals surface area contributed by atoms with Crippen molar-refractivity contribution in [1.82, 2.24) is 14.9 Å². The van der Waals surface area contributed by atoms with Crippen molar-refractivity contribution in [1.29, 1.82) is 0 Å². The van der Waals surface area contributed by atoms with Crippen LogP contribution in [0, 0.1) is 12.7 Å². The van der Waals surface area contributed by atoms with Crippen molar-refractivity contribution in [2.75, 3.05) is 19.7 Å². The lowest BCUT2D eigenvalue weighted by Gasteiger charge is -2.35. The van der Waals surface area contributed by atoms with Crippen LogP contribution in [0.3, 0.4) is 0 Å². The molecule has 1 saturated carbocycles. The molecule has 1 atom stereocenters. The number of H-pyrrole nitrogens is 1. The molecule has 1 saturated heterocycles. The summed E-state index contributed by atoms with van der Waals surface area (Å²) >= 11 is 0. The smallest absolute Gasteiger partial charge is 0.251 e. The summed E-state index contributed by atoms with van der Waals surface area (Å²) in [6.07, 6.45) is 0.805. The summed E-state index contributed by atoms with van der Waals surface area (Å²) in [5.41, 5.74) is 0.0567. The maximum atomic E-state index is 14.2. The number of aromatic nitrogens is 2. The van der Waals surface area contributed by atoms with Crippen LogP contribution >= 0.6 is 0 Å². The molecule has 2 aliphatic rings. The van der Waals surface area contributed by atoms with E-state index in [2.05, 4.69) is 9.97 Å². The summed E-state index contributed by atoms with van der Waals surface area (Å²) in [6.45, 7) is 2.83. The lowest BCUT2D eigenvalue weighted by atomic mass is 9.93. The highest BCUT2D eigenvalue weighted by atomic mass is 19.1. The molecule has 1 aliphatic carbocycles. The third-order valence-electron chi connectivity index (χ3n) is 5.10. The molecule has 1 aromatic carbocycles. The fourth-order valence-electron chi connectivity index (χ4n) is 3.63. The van der Waals surface area contributed by atoms with Crippen molar-refractivity contribution in [3.63, 3.8) is 0 Å². The number of halogens is 1. The van der Waals surface area contributed by atoms with Crippen LogP contribution in [0.15, 0.2) is 35.1 Å². The highest BCUT2D eigenvalue weighted by molar-refractivity contribution is 5.91. The molecule has 2 heterocycles. The van der Waals surface area contributed by atoms with Gasteiger partial charge in [-0.2, -0.15) is 0 Å². The van der Waals surface area contributed by atoms with E-state index in [-0.39, 0.29) is 17.3 Å². The van der Waals surface area contributed by atoms with Gasteiger partial charge in [-0.3, -0.25) is 9.59 Å². The molecule has 2 fully saturated rings. The summed E-state index contributed by atoms with van der Waals surface area (Å²) in [5.74, 6) is 0.00183. The number of nitrogens with zero attached hydrogens (tertiary/aromatic N) is 2. The average molecular weight is 357 g/mol. The van der Waals surface area contributed by atoms with Crippen LogP contribution in [0.5, 0.6) is 0 Å². The van der Waals surface area contributed by atoms with Gasteiger partial charge in [-0.15, -0.1) is 0 Å². The van der Waals surface area contributed by atoms with Gasteiger partial charge >= 0.3 is 0 Å². The molecular formula is C19H20FN3O3. The van der Waals surface area contributed by atoms with Crippen LogP contribution in [0.25, 0.3) is 0 Å². The van der Waals surface area contributed by atoms with E-state index in [9.17, 15) is 14.0 Å². The van der Waals surface area contributed by atoms with Crippen molar-refractivity contribution < 1.29 is 13.9 Å². The van der Waals surface area contributed by atoms with Crippen LogP contribution in [0.1, 0.15) is 36.0 Å². The molecule has 0 spiro atoms. The van der Waals surface area contributed by atoms with Gasteiger partial charge in [0.2, 0.25) is 5.91 Å². The maximum Gasteiger partial charge on any atom is 0.251 e. The molecule has 1 aliphatic heterocycles. The van der Waals surface area contributed by atoms with Gasteiger partial charge in [0.1, 0.15) is 17.7 Å². The van der Waals surface area contributed by atoms with Crippen molar-refractivity contribution in [3.8, 4) is 0 Å². The summed E-state index contributed by atoms with van der Waals surface area (Å²) in [6, 6.07) is 7.88. The van der Waals surface area contributed by atoms with Gasteiger partial charge < -0.3 is 14.6 Å². The van der Waals surface area contributed by atoms with Crippen LogP contribution < -0.4 is 5.56 Å². The Morgan fingerprint density at radius 1 is 1.38 bits per heavy atom. The summed E-state index contributed by atoms with van der Waals surface area (Å²) in [5, 5.41) is 0. The monoisotopic (exact) mass is 357 g/mol. The van der Waals surface area contributed by atoms with Gasteiger partial charge in [-0.1, -0.05) is 18.2 Å². The molecule has 2 aromatic rings. The molecule has 0 bridgehead atoms. The Kier molecular flexibility index (Phi) is 4.11. The average Bonchev–Trinajstić information content (AvgIpc) is 3.42. The molecule has 1 amide bonds. The van der Waals surface area contributed by atoms with E-state index >= 15 is 0 Å². The van der Waals surface area contributed by atoms with Crippen molar-refractivity contribution >= 4 is 5.91 Å². The molecular weight excluding hydrogens is 337 g/mol. The Morgan fingerprint density at radius 3 is 2.85 bits per heavy atom. The number of amides is 1. The number of rotatable bonds is 3. The number of carbonyl (C=O) groups excluding carboxylic acids is 1. The number of morpholine rings is 1. The van der Waals surface area contributed by atoms with Gasteiger partial charge in [0.25, 0.3) is 5.56 Å². The Hall–Kier alpha value is -2.54. The predicted molar refractivity (Wildman–Crippen MR) is 92.2 cm³/mol. The summed E-state index contributed by atoms with van der Waals surface area (Å²) in [4.78, 5) is 33.6. The van der Waals surface area contributed by atoms with Crippen LogP contribution in [-0.2, 0) is 14.9 Å². The first kappa shape index (κ1) is 16.9. The van der Waals surface area contributed by atoms with Crippen LogP contribution in [0.4, 0.5) is 4.39 Å². The Balaban J connectivity index is 1.57. The van der Waals surface area contributed by atoms with E-state index in [0.29, 0.717) is 49.6 Å². The second kappa shape index (κ2) is 6.32. The molecule has 1 N–H and O–H groups in total. The second-order valence-electron chi connectivity index (χ2n) is 6.94.